The van der Waals surface area contributed by atoms with Gasteiger partial charge in [-0.3, -0.25) is 0 Å². The van der Waals surface area contributed by atoms with Crippen molar-refractivity contribution in [1.82, 2.24) is 0 Å². The highest BCUT2D eigenvalue weighted by Gasteiger charge is 2.08. The molecule has 1 aliphatic rings. The summed E-state index contributed by atoms with van der Waals surface area (Å²) in [6, 6.07) is 0.200. The summed E-state index contributed by atoms with van der Waals surface area (Å²) in [7, 11) is 0. The monoisotopic (exact) mass is 197 g/mol. The first-order valence-electron chi connectivity index (χ1n) is 5.84. The Balaban J connectivity index is 2.12. The predicted octanol–water partition coefficient (Wildman–Crippen LogP) is 2.63. The summed E-state index contributed by atoms with van der Waals surface area (Å²) >= 11 is 0. The van der Waals surface area contributed by atoms with Gasteiger partial charge in [-0.2, -0.15) is 0 Å². The fourth-order valence-corrected chi connectivity index (χ4v) is 1.86. The second-order valence-corrected chi connectivity index (χ2v) is 4.15. The van der Waals surface area contributed by atoms with Crippen LogP contribution in [0, 0.1) is 0 Å². The highest BCUT2D eigenvalue weighted by atomic mass is 16.5. The lowest BCUT2D eigenvalue weighted by Crippen LogP contribution is -2.27. The number of allylic oxidation sites excluding steroid dienone is 1. The molecule has 1 aliphatic carbocycles. The fraction of sp³-hybridized carbons (Fsp3) is 0.833. The smallest absolute Gasteiger partial charge is 0.0620 e. The van der Waals surface area contributed by atoms with Crippen LogP contribution in [0.15, 0.2) is 11.6 Å². The molecular formula is C12H23NO. The summed E-state index contributed by atoms with van der Waals surface area (Å²) in [5, 5.41) is 0. The highest BCUT2D eigenvalue weighted by Crippen LogP contribution is 2.20. The fourth-order valence-electron chi connectivity index (χ4n) is 1.86. The van der Waals surface area contributed by atoms with Gasteiger partial charge in [-0.15, -0.1) is 0 Å². The van der Waals surface area contributed by atoms with Gasteiger partial charge >= 0.3 is 0 Å². The van der Waals surface area contributed by atoms with Crippen LogP contribution in [-0.4, -0.2) is 19.3 Å². The van der Waals surface area contributed by atoms with E-state index >= 15 is 0 Å². The van der Waals surface area contributed by atoms with E-state index in [4.69, 9.17) is 10.5 Å². The summed E-state index contributed by atoms with van der Waals surface area (Å²) in [5.74, 6) is 0. The van der Waals surface area contributed by atoms with E-state index in [2.05, 4.69) is 13.0 Å². The van der Waals surface area contributed by atoms with Crippen molar-refractivity contribution < 1.29 is 4.74 Å². The second kappa shape index (κ2) is 7.02. The first-order valence-corrected chi connectivity index (χ1v) is 5.84. The number of nitrogens with two attached hydrogens (primary N) is 1. The minimum atomic E-state index is 0.200. The van der Waals surface area contributed by atoms with Gasteiger partial charge in [0, 0.05) is 12.6 Å². The van der Waals surface area contributed by atoms with Crippen molar-refractivity contribution in [3.05, 3.63) is 11.6 Å². The van der Waals surface area contributed by atoms with E-state index in [0.29, 0.717) is 6.61 Å². The topological polar surface area (TPSA) is 35.2 Å². The molecule has 0 saturated heterocycles. The maximum Gasteiger partial charge on any atom is 0.0620 e. The minimum Gasteiger partial charge on any atom is -0.380 e. The SMILES string of the molecule is CCCOCC(N)CC1=CCCCC1. The Kier molecular flexibility index (Phi) is 5.88. The van der Waals surface area contributed by atoms with Gasteiger partial charge in [0.1, 0.15) is 0 Å². The van der Waals surface area contributed by atoms with Crippen LogP contribution in [0.3, 0.4) is 0 Å². The molecule has 0 fully saturated rings. The van der Waals surface area contributed by atoms with Crippen molar-refractivity contribution in [2.75, 3.05) is 13.2 Å². The molecule has 1 unspecified atom stereocenters. The zero-order valence-electron chi connectivity index (χ0n) is 9.30. The zero-order chi connectivity index (χ0) is 10.2. The van der Waals surface area contributed by atoms with E-state index in [-0.39, 0.29) is 6.04 Å². The Hall–Kier alpha value is -0.340. The maximum atomic E-state index is 5.98. The first kappa shape index (κ1) is 11.7. The molecule has 0 aliphatic heterocycles. The van der Waals surface area contributed by atoms with Gasteiger partial charge in [-0.1, -0.05) is 18.6 Å². The van der Waals surface area contributed by atoms with Crippen LogP contribution in [0.4, 0.5) is 0 Å². The molecule has 82 valence electrons. The predicted molar refractivity (Wildman–Crippen MR) is 60.3 cm³/mol. The molecule has 0 aromatic rings. The first-order chi connectivity index (χ1) is 6.83. The number of hydrogen-bond acceptors (Lipinski definition) is 2. The standard InChI is InChI=1S/C12H23NO/c1-2-8-14-10-12(13)9-11-6-4-3-5-7-11/h6,12H,2-5,7-10,13H2,1H3. The molecule has 0 saturated carbocycles. The summed E-state index contributed by atoms with van der Waals surface area (Å²) in [5.41, 5.74) is 7.52. The average Bonchev–Trinajstić information content (AvgIpc) is 2.20. The number of ether oxygens (including phenoxy) is 1. The van der Waals surface area contributed by atoms with Crippen LogP contribution in [0.2, 0.25) is 0 Å². The van der Waals surface area contributed by atoms with Crippen LogP contribution in [0.5, 0.6) is 0 Å². The molecule has 0 amide bonds. The minimum absolute atomic E-state index is 0.200. The van der Waals surface area contributed by atoms with Gasteiger partial charge in [-0.05, 0) is 38.5 Å². The van der Waals surface area contributed by atoms with Crippen LogP contribution in [0.1, 0.15) is 45.4 Å². The lowest BCUT2D eigenvalue weighted by Gasteiger charge is -2.17. The third kappa shape index (κ3) is 4.77. The van der Waals surface area contributed by atoms with Gasteiger partial charge in [0.25, 0.3) is 0 Å². The van der Waals surface area contributed by atoms with E-state index < -0.39 is 0 Å². The number of rotatable bonds is 6. The normalized spacial score (nSPS) is 19.1. The maximum absolute atomic E-state index is 5.98. The second-order valence-electron chi connectivity index (χ2n) is 4.15. The molecule has 0 aromatic heterocycles. The molecule has 2 N–H and O–H groups in total. The van der Waals surface area contributed by atoms with Crippen molar-refractivity contribution in [1.29, 1.82) is 0 Å². The highest BCUT2D eigenvalue weighted by molar-refractivity contribution is 5.06. The van der Waals surface area contributed by atoms with Crippen LogP contribution in [0.25, 0.3) is 0 Å². The van der Waals surface area contributed by atoms with Gasteiger partial charge in [0.15, 0.2) is 0 Å². The Labute approximate surface area is 87.5 Å². The molecule has 0 spiro atoms. The Morgan fingerprint density at radius 2 is 2.36 bits per heavy atom. The van der Waals surface area contributed by atoms with Crippen molar-refractivity contribution in [3.63, 3.8) is 0 Å². The van der Waals surface area contributed by atoms with Gasteiger partial charge in [0.2, 0.25) is 0 Å². The Morgan fingerprint density at radius 3 is 3.00 bits per heavy atom. The average molecular weight is 197 g/mol. The van der Waals surface area contributed by atoms with E-state index in [9.17, 15) is 0 Å². The molecule has 2 nitrogen and oxygen atoms in total. The van der Waals surface area contributed by atoms with Crippen LogP contribution < -0.4 is 5.73 Å². The van der Waals surface area contributed by atoms with Gasteiger partial charge < -0.3 is 10.5 Å². The van der Waals surface area contributed by atoms with Crippen molar-refractivity contribution in [3.8, 4) is 0 Å². The van der Waals surface area contributed by atoms with Crippen molar-refractivity contribution in [2.24, 2.45) is 5.73 Å². The molecular weight excluding hydrogens is 174 g/mol. The molecule has 2 heteroatoms. The molecule has 0 heterocycles. The van der Waals surface area contributed by atoms with Gasteiger partial charge in [-0.25, -0.2) is 0 Å². The molecule has 0 aromatic carbocycles. The molecule has 0 radical (unpaired) electrons. The van der Waals surface area contributed by atoms with E-state index in [1.54, 1.807) is 5.57 Å². The van der Waals surface area contributed by atoms with Crippen LogP contribution in [-0.2, 0) is 4.74 Å². The Morgan fingerprint density at radius 1 is 1.50 bits per heavy atom. The summed E-state index contributed by atoms with van der Waals surface area (Å²) in [6.07, 6.45) is 9.67. The third-order valence-electron chi connectivity index (χ3n) is 2.59. The Bertz CT molecular complexity index is 177. The summed E-state index contributed by atoms with van der Waals surface area (Å²) in [4.78, 5) is 0. The third-order valence-corrected chi connectivity index (χ3v) is 2.59. The van der Waals surface area contributed by atoms with E-state index in [1.165, 1.54) is 25.7 Å². The zero-order valence-corrected chi connectivity index (χ0v) is 9.30. The lowest BCUT2D eigenvalue weighted by atomic mass is 9.95. The lowest BCUT2D eigenvalue weighted by molar-refractivity contribution is 0.121. The van der Waals surface area contributed by atoms with Crippen molar-refractivity contribution in [2.45, 2.75) is 51.5 Å². The van der Waals surface area contributed by atoms with Gasteiger partial charge in [0.05, 0.1) is 6.61 Å². The molecule has 0 bridgehead atoms. The molecule has 1 atom stereocenters. The van der Waals surface area contributed by atoms with Crippen molar-refractivity contribution >= 4 is 0 Å². The van der Waals surface area contributed by atoms with Crippen LogP contribution >= 0.6 is 0 Å². The summed E-state index contributed by atoms with van der Waals surface area (Å²) in [6.45, 7) is 3.67. The molecule has 14 heavy (non-hydrogen) atoms. The summed E-state index contributed by atoms with van der Waals surface area (Å²) < 4.78 is 5.43. The quantitative estimate of drug-likeness (QED) is 0.525. The van der Waals surface area contributed by atoms with E-state index in [1.807, 2.05) is 0 Å². The largest absolute Gasteiger partial charge is 0.380 e. The number of hydrogen-bond donors (Lipinski definition) is 1. The molecule has 1 rings (SSSR count). The van der Waals surface area contributed by atoms with E-state index in [0.717, 1.165) is 19.4 Å².